The first-order chi connectivity index (χ1) is 15.7. The molecule has 0 amide bonds. The summed E-state index contributed by atoms with van der Waals surface area (Å²) in [7, 11) is 0. The third-order valence-corrected chi connectivity index (χ3v) is 16.5. The van der Waals surface area contributed by atoms with E-state index >= 15 is 0 Å². The Morgan fingerprint density at radius 2 is 1.00 bits per heavy atom. The average molecular weight is 516 g/mol. The van der Waals surface area contributed by atoms with E-state index in [1.54, 1.807) is 11.3 Å². The van der Waals surface area contributed by atoms with E-state index in [1.165, 1.54) is 15.9 Å². The van der Waals surface area contributed by atoms with E-state index in [4.69, 9.17) is 4.98 Å². The Kier molecular flexibility index (Phi) is 5.82. The normalized spacial score (nSPS) is 12.7. The number of rotatable bonds is 6. The number of benzene rings is 4. The van der Waals surface area contributed by atoms with Crippen LogP contribution in [-0.4, -0.2) is 4.98 Å². The summed E-state index contributed by atoms with van der Waals surface area (Å²) in [5, 5.41) is 4.24. The Bertz CT molecular complexity index is 1210. The third kappa shape index (κ3) is 3.65. The van der Waals surface area contributed by atoms with E-state index in [1.807, 2.05) is 6.07 Å². The van der Waals surface area contributed by atoms with Gasteiger partial charge in [0.2, 0.25) is 0 Å². The number of hydrogen-bond acceptors (Lipinski definition) is 2. The van der Waals surface area contributed by atoms with Crippen LogP contribution in [0.1, 0.15) is 5.01 Å². The van der Waals surface area contributed by atoms with Gasteiger partial charge in [-0.1, -0.05) is 0 Å². The molecule has 1 nitrogen and oxygen atoms in total. The molecule has 0 fully saturated rings. The van der Waals surface area contributed by atoms with Gasteiger partial charge in [-0.2, -0.15) is 0 Å². The van der Waals surface area contributed by atoms with E-state index in [0.717, 1.165) is 22.4 Å². The number of hydrogen-bond donors (Lipinski definition) is 0. The summed E-state index contributed by atoms with van der Waals surface area (Å²) in [6.45, 7) is 0. The van der Waals surface area contributed by atoms with Gasteiger partial charge in [-0.05, 0) is 0 Å². The van der Waals surface area contributed by atoms with Gasteiger partial charge in [0.05, 0.1) is 0 Å². The standard InChI is InChI=1S/C28H23BrNPS/c29-31(24-15-7-2-8-16-24,25-17-9-3-10-18-25,26-19-11-4-12-20-26)21-28-30-27(22-32-28)23-13-5-1-6-14-23/h1-20,22H,21H2. The Hall–Kier alpha value is -2.58. The first kappa shape index (κ1) is 21.3. The van der Waals surface area contributed by atoms with Crippen LogP contribution in [-0.2, 0) is 6.16 Å². The predicted octanol–water partition coefficient (Wildman–Crippen LogP) is 7.15. The van der Waals surface area contributed by atoms with Gasteiger partial charge in [0.1, 0.15) is 0 Å². The molecule has 1 aromatic heterocycles. The summed E-state index contributed by atoms with van der Waals surface area (Å²) in [5.74, 6) is 0. The fourth-order valence-corrected chi connectivity index (χ4v) is 13.7. The Balaban J connectivity index is 1.75. The first-order valence-electron chi connectivity index (χ1n) is 10.6. The van der Waals surface area contributed by atoms with Gasteiger partial charge in [0.15, 0.2) is 0 Å². The second kappa shape index (κ2) is 8.75. The topological polar surface area (TPSA) is 12.9 Å². The Morgan fingerprint density at radius 1 is 0.594 bits per heavy atom. The molecule has 0 aliphatic rings. The molecule has 0 spiro atoms. The summed E-state index contributed by atoms with van der Waals surface area (Å²) >= 11 is 6.26. The van der Waals surface area contributed by atoms with E-state index in [2.05, 4.69) is 136 Å². The van der Waals surface area contributed by atoms with Gasteiger partial charge in [0, 0.05) is 0 Å². The van der Waals surface area contributed by atoms with Crippen LogP contribution >= 0.6 is 32.1 Å². The minimum absolute atomic E-state index is 0.821. The third-order valence-electron chi connectivity index (χ3n) is 5.94. The first-order valence-corrected chi connectivity index (χ1v) is 15.9. The quantitative estimate of drug-likeness (QED) is 0.219. The molecule has 4 heteroatoms. The molecule has 32 heavy (non-hydrogen) atoms. The van der Waals surface area contributed by atoms with Gasteiger partial charge < -0.3 is 0 Å². The summed E-state index contributed by atoms with van der Waals surface area (Å²) in [6, 6.07) is 43.1. The van der Waals surface area contributed by atoms with Crippen molar-refractivity contribution in [3.05, 3.63) is 132 Å². The second-order valence-electron chi connectivity index (χ2n) is 7.84. The zero-order valence-electron chi connectivity index (χ0n) is 17.5. The van der Waals surface area contributed by atoms with Crippen LogP contribution in [0.4, 0.5) is 0 Å². The van der Waals surface area contributed by atoms with Gasteiger partial charge in [-0.3, -0.25) is 0 Å². The fraction of sp³-hybridized carbons (Fsp3) is 0.0357. The number of halogens is 1. The van der Waals surface area contributed by atoms with Crippen LogP contribution in [0, 0.1) is 0 Å². The number of nitrogens with zero attached hydrogens (tertiary/aromatic N) is 1. The molecular formula is C28H23BrNPS. The van der Waals surface area contributed by atoms with Crippen LogP contribution in [0.3, 0.4) is 0 Å². The molecule has 0 bridgehead atoms. The van der Waals surface area contributed by atoms with E-state index in [-0.39, 0.29) is 0 Å². The molecule has 0 aliphatic heterocycles. The van der Waals surface area contributed by atoms with E-state index < -0.39 is 5.31 Å². The van der Waals surface area contributed by atoms with Crippen LogP contribution in [0.2, 0.25) is 0 Å². The molecule has 0 radical (unpaired) electrons. The maximum atomic E-state index is 5.11. The molecule has 0 aliphatic carbocycles. The molecule has 0 saturated heterocycles. The Labute approximate surface area is 201 Å². The van der Waals surface area contributed by atoms with Gasteiger partial charge in [0.25, 0.3) is 0 Å². The van der Waals surface area contributed by atoms with Crippen molar-refractivity contribution < 1.29 is 0 Å². The summed E-state index contributed by atoms with van der Waals surface area (Å²) < 4.78 is 0. The fourth-order valence-electron chi connectivity index (χ4n) is 4.32. The van der Waals surface area contributed by atoms with E-state index in [0.29, 0.717) is 0 Å². The van der Waals surface area contributed by atoms with Crippen molar-refractivity contribution in [2.24, 2.45) is 0 Å². The molecule has 1 heterocycles. The van der Waals surface area contributed by atoms with Gasteiger partial charge in [-0.15, -0.1) is 0 Å². The average Bonchev–Trinajstić information content (AvgIpc) is 3.34. The molecule has 0 saturated carbocycles. The van der Waals surface area contributed by atoms with Crippen molar-refractivity contribution in [3.63, 3.8) is 0 Å². The minimum atomic E-state index is -3.01. The van der Waals surface area contributed by atoms with Crippen molar-refractivity contribution in [1.29, 1.82) is 0 Å². The molecule has 4 aromatic carbocycles. The molecule has 158 valence electrons. The van der Waals surface area contributed by atoms with Crippen LogP contribution < -0.4 is 15.9 Å². The van der Waals surface area contributed by atoms with Crippen LogP contribution in [0.25, 0.3) is 11.3 Å². The van der Waals surface area contributed by atoms with Crippen LogP contribution in [0.5, 0.6) is 0 Å². The zero-order valence-corrected chi connectivity index (χ0v) is 20.8. The number of aromatic nitrogens is 1. The second-order valence-corrected chi connectivity index (χ2v) is 17.7. The molecule has 0 atom stereocenters. The monoisotopic (exact) mass is 515 g/mol. The SMILES string of the molecule is BrP(Cc1nc(-c2ccccc2)cs1)(c1ccccc1)(c1ccccc1)c1ccccc1. The van der Waals surface area contributed by atoms with E-state index in [9.17, 15) is 0 Å². The van der Waals surface area contributed by atoms with Crippen molar-refractivity contribution in [3.8, 4) is 11.3 Å². The number of thiazole rings is 1. The molecule has 5 aromatic rings. The van der Waals surface area contributed by atoms with Crippen molar-refractivity contribution in [2.75, 3.05) is 0 Å². The Morgan fingerprint density at radius 3 is 1.44 bits per heavy atom. The molecular weight excluding hydrogens is 493 g/mol. The zero-order chi connectivity index (χ0) is 21.9. The molecule has 0 unspecified atom stereocenters. The summed E-state index contributed by atoms with van der Waals surface area (Å²) in [4.78, 5) is 5.11. The van der Waals surface area contributed by atoms with Crippen molar-refractivity contribution in [2.45, 2.75) is 6.16 Å². The van der Waals surface area contributed by atoms with Crippen LogP contribution in [0.15, 0.2) is 127 Å². The molecule has 5 rings (SSSR count). The van der Waals surface area contributed by atoms with Gasteiger partial charge in [-0.25, -0.2) is 0 Å². The van der Waals surface area contributed by atoms with Crippen molar-refractivity contribution >= 4 is 48.0 Å². The van der Waals surface area contributed by atoms with Crippen molar-refractivity contribution in [1.82, 2.24) is 4.98 Å². The summed E-state index contributed by atoms with van der Waals surface area (Å²) in [6.07, 6.45) is 0.821. The summed E-state index contributed by atoms with van der Waals surface area (Å²) in [5.41, 5.74) is 2.20. The predicted molar refractivity (Wildman–Crippen MR) is 145 cm³/mol. The molecule has 0 N–H and O–H groups in total. The van der Waals surface area contributed by atoms with Gasteiger partial charge >= 0.3 is 202 Å². The maximum absolute atomic E-state index is 5.11.